The molecule has 2 N–H and O–H groups in total. The number of imidazole rings is 1. The van der Waals surface area contributed by atoms with Gasteiger partial charge in [-0.1, -0.05) is 24.3 Å². The third kappa shape index (κ3) is 3.49. The van der Waals surface area contributed by atoms with Crippen molar-refractivity contribution in [3.8, 4) is 0 Å². The van der Waals surface area contributed by atoms with Gasteiger partial charge in [-0.25, -0.2) is 9.78 Å². The van der Waals surface area contributed by atoms with Crippen molar-refractivity contribution in [3.05, 3.63) is 59.7 Å². The largest absolute Gasteiger partial charge is 0.345 e. The van der Waals surface area contributed by atoms with E-state index in [-0.39, 0.29) is 29.8 Å². The van der Waals surface area contributed by atoms with Crippen LogP contribution in [0.5, 0.6) is 0 Å². The smallest absolute Gasteiger partial charge is 0.325 e. The zero-order chi connectivity index (χ0) is 22.3. The molecule has 0 unspecified atom stereocenters. The van der Waals surface area contributed by atoms with Crippen LogP contribution in [0.25, 0.3) is 6.08 Å². The highest BCUT2D eigenvalue weighted by atomic mass is 16.2. The number of fused-ring (bicyclic) bond motifs is 1. The maximum Gasteiger partial charge on any atom is 0.325 e. The van der Waals surface area contributed by atoms with Gasteiger partial charge < -0.3 is 15.2 Å². The minimum absolute atomic E-state index is 0.00614. The molecule has 8 nitrogen and oxygen atoms in total. The van der Waals surface area contributed by atoms with Crippen molar-refractivity contribution < 1.29 is 14.4 Å². The number of hydrogen-bond donors (Lipinski definition) is 2. The van der Waals surface area contributed by atoms with E-state index in [1.54, 1.807) is 23.5 Å². The number of piperidine rings is 1. The van der Waals surface area contributed by atoms with Gasteiger partial charge >= 0.3 is 6.03 Å². The minimum atomic E-state index is -0.924. The van der Waals surface area contributed by atoms with Gasteiger partial charge in [-0.2, -0.15) is 0 Å². The number of likely N-dealkylation sites (tertiary alicyclic amines) is 1. The number of aromatic amines is 1. The lowest BCUT2D eigenvalue weighted by Crippen LogP contribution is -2.54. The Balaban J connectivity index is 1.22. The molecular formula is C24H27N5O3. The Labute approximate surface area is 186 Å². The number of amides is 4. The fourth-order valence-corrected chi connectivity index (χ4v) is 5.31. The van der Waals surface area contributed by atoms with E-state index >= 15 is 0 Å². The van der Waals surface area contributed by atoms with E-state index in [0.717, 1.165) is 5.69 Å². The van der Waals surface area contributed by atoms with Crippen molar-refractivity contribution in [1.29, 1.82) is 0 Å². The summed E-state index contributed by atoms with van der Waals surface area (Å²) in [5.41, 5.74) is 2.27. The highest BCUT2D eigenvalue weighted by Gasteiger charge is 2.55. The Bertz CT molecular complexity index is 1050. The maximum atomic E-state index is 13.5. The molecule has 0 bridgehead atoms. The number of carbonyl (C=O) groups excluding carboxylic acids is 3. The first-order chi connectivity index (χ1) is 15.5. The number of H-pyrrole nitrogens is 1. The third-order valence-corrected chi connectivity index (χ3v) is 7.19. The fraction of sp³-hybridized carbons (Fsp3) is 0.417. The molecule has 4 amide bonds. The predicted molar refractivity (Wildman–Crippen MR) is 118 cm³/mol. The number of rotatable bonds is 4. The van der Waals surface area contributed by atoms with Crippen molar-refractivity contribution in [3.63, 3.8) is 0 Å². The van der Waals surface area contributed by atoms with Crippen LogP contribution in [0.3, 0.4) is 0 Å². The number of nitrogens with one attached hydrogen (secondary N) is 2. The van der Waals surface area contributed by atoms with Gasteiger partial charge in [-0.3, -0.25) is 14.5 Å². The van der Waals surface area contributed by atoms with Crippen LogP contribution in [-0.2, 0) is 22.4 Å². The van der Waals surface area contributed by atoms with E-state index in [1.165, 1.54) is 22.1 Å². The van der Waals surface area contributed by atoms with Crippen molar-refractivity contribution in [2.75, 3.05) is 13.1 Å². The minimum Gasteiger partial charge on any atom is -0.345 e. The lowest BCUT2D eigenvalue weighted by Gasteiger charge is -2.38. The van der Waals surface area contributed by atoms with Gasteiger partial charge in [0.1, 0.15) is 5.54 Å². The van der Waals surface area contributed by atoms with E-state index < -0.39 is 5.54 Å². The van der Waals surface area contributed by atoms with E-state index in [4.69, 9.17) is 0 Å². The van der Waals surface area contributed by atoms with Crippen LogP contribution in [0, 0.1) is 5.92 Å². The van der Waals surface area contributed by atoms with Crippen molar-refractivity contribution >= 4 is 23.9 Å². The summed E-state index contributed by atoms with van der Waals surface area (Å²) in [7, 11) is 0. The molecule has 8 heteroatoms. The van der Waals surface area contributed by atoms with Crippen LogP contribution >= 0.6 is 0 Å². The topological polar surface area (TPSA) is 98.4 Å². The molecule has 0 spiro atoms. The molecule has 166 valence electrons. The van der Waals surface area contributed by atoms with Gasteiger partial charge in [-0.15, -0.1) is 0 Å². The summed E-state index contributed by atoms with van der Waals surface area (Å²) in [6, 6.07) is 7.71. The monoisotopic (exact) mass is 433 g/mol. The Morgan fingerprint density at radius 3 is 2.47 bits per heavy atom. The number of benzene rings is 1. The number of aromatic nitrogens is 2. The van der Waals surface area contributed by atoms with Crippen LogP contribution < -0.4 is 5.32 Å². The summed E-state index contributed by atoms with van der Waals surface area (Å²) < 4.78 is 0. The van der Waals surface area contributed by atoms with Crippen LogP contribution in [0.2, 0.25) is 0 Å². The van der Waals surface area contributed by atoms with Gasteiger partial charge in [0.25, 0.3) is 5.91 Å². The maximum absolute atomic E-state index is 13.5. The van der Waals surface area contributed by atoms with Crippen LogP contribution in [0.1, 0.15) is 36.6 Å². The Hall–Kier alpha value is -3.42. The third-order valence-electron chi connectivity index (χ3n) is 7.19. The highest BCUT2D eigenvalue weighted by molar-refractivity contribution is 6.07. The molecule has 2 saturated heterocycles. The SMILES string of the molecule is C[C@]1(C2CCN(C(=O)/C=C/c3cnc[nH]3)CC2)NC(=O)N(C2Cc3ccccc3C2)C1=O. The second kappa shape index (κ2) is 7.93. The van der Waals surface area contributed by atoms with Crippen LogP contribution in [-0.4, -0.2) is 62.3 Å². The zero-order valence-corrected chi connectivity index (χ0v) is 18.1. The molecular weight excluding hydrogens is 406 g/mol. The lowest BCUT2D eigenvalue weighted by atomic mass is 9.78. The van der Waals surface area contributed by atoms with Gasteiger partial charge in [0.2, 0.25) is 5.91 Å². The average Bonchev–Trinajstić information content (AvgIpc) is 3.51. The van der Waals surface area contributed by atoms with Gasteiger partial charge in [-0.05, 0) is 55.7 Å². The molecule has 1 aliphatic carbocycles. The molecule has 3 heterocycles. The number of hydrogen-bond acceptors (Lipinski definition) is 4. The summed E-state index contributed by atoms with van der Waals surface area (Å²) >= 11 is 0. The molecule has 2 aromatic rings. The van der Waals surface area contributed by atoms with Gasteiger partial charge in [0.15, 0.2) is 0 Å². The molecule has 0 saturated carbocycles. The second-order valence-corrected chi connectivity index (χ2v) is 9.08. The lowest BCUT2D eigenvalue weighted by molar-refractivity contribution is -0.135. The van der Waals surface area contributed by atoms with Crippen LogP contribution in [0.15, 0.2) is 42.9 Å². The molecule has 0 radical (unpaired) electrons. The molecule has 5 rings (SSSR count). The fourth-order valence-electron chi connectivity index (χ4n) is 5.31. The summed E-state index contributed by atoms with van der Waals surface area (Å²) in [5, 5.41) is 3.00. The number of urea groups is 1. The summed E-state index contributed by atoms with van der Waals surface area (Å²) in [6.07, 6.45) is 9.23. The quantitative estimate of drug-likeness (QED) is 0.570. The number of imide groups is 1. The number of nitrogens with zero attached hydrogens (tertiary/aromatic N) is 3. The first-order valence-electron chi connectivity index (χ1n) is 11.1. The Morgan fingerprint density at radius 2 is 1.84 bits per heavy atom. The molecule has 3 aliphatic rings. The van der Waals surface area contributed by atoms with Gasteiger partial charge in [0.05, 0.1) is 18.2 Å². The molecule has 2 fully saturated rings. The molecule has 32 heavy (non-hydrogen) atoms. The molecule has 1 aromatic carbocycles. The van der Waals surface area contributed by atoms with Crippen molar-refractivity contribution in [1.82, 2.24) is 25.1 Å². The normalized spacial score (nSPS) is 24.4. The van der Waals surface area contributed by atoms with E-state index in [2.05, 4.69) is 27.4 Å². The average molecular weight is 434 g/mol. The first-order valence-corrected chi connectivity index (χ1v) is 11.1. The van der Waals surface area contributed by atoms with E-state index in [0.29, 0.717) is 38.8 Å². The van der Waals surface area contributed by atoms with E-state index in [1.807, 2.05) is 19.1 Å². The molecule has 1 atom stereocenters. The number of carbonyl (C=O) groups is 3. The summed E-state index contributed by atoms with van der Waals surface area (Å²) in [6.45, 7) is 2.96. The Kier molecular flexibility index (Phi) is 5.07. The second-order valence-electron chi connectivity index (χ2n) is 9.08. The van der Waals surface area contributed by atoms with Crippen LogP contribution in [0.4, 0.5) is 4.79 Å². The zero-order valence-electron chi connectivity index (χ0n) is 18.1. The highest BCUT2D eigenvalue weighted by Crippen LogP contribution is 2.36. The molecule has 2 aliphatic heterocycles. The van der Waals surface area contributed by atoms with Gasteiger partial charge in [0, 0.05) is 25.2 Å². The standard InChI is InChI=1S/C24H27N5O3/c1-24(18-8-10-28(11-9-18)21(30)7-6-19-14-25-15-26-19)22(31)29(23(32)27-24)20-12-16-4-2-3-5-17(16)13-20/h2-7,14-15,18,20H,8-13H2,1H3,(H,25,26)(H,27,32)/b7-6+/t24-/m1/s1. The first kappa shape index (κ1) is 20.5. The van der Waals surface area contributed by atoms with Crippen molar-refractivity contribution in [2.24, 2.45) is 5.92 Å². The van der Waals surface area contributed by atoms with E-state index in [9.17, 15) is 14.4 Å². The summed E-state index contributed by atoms with van der Waals surface area (Å²) in [4.78, 5) is 48.9. The molecule has 1 aromatic heterocycles. The predicted octanol–water partition coefficient (Wildman–Crippen LogP) is 2.14. The summed E-state index contributed by atoms with van der Waals surface area (Å²) in [5.74, 6) is -0.201. The van der Waals surface area contributed by atoms with Crippen molar-refractivity contribution in [2.45, 2.75) is 44.2 Å². The Morgan fingerprint density at radius 1 is 1.16 bits per heavy atom.